The molecule has 1 aromatic heterocycles. The van der Waals surface area contributed by atoms with Crippen LogP contribution in [-0.2, 0) is 5.41 Å². The van der Waals surface area contributed by atoms with E-state index in [-0.39, 0.29) is 0 Å². The van der Waals surface area contributed by atoms with Crippen molar-refractivity contribution in [3.8, 4) is 6.07 Å². The molecule has 0 bridgehead atoms. The van der Waals surface area contributed by atoms with Crippen molar-refractivity contribution in [3.63, 3.8) is 0 Å². The molecule has 0 unspecified atom stereocenters. The molecule has 52 valence electrons. The maximum Gasteiger partial charge on any atom is 0.157 e. The molecule has 1 rings (SSSR count). The lowest BCUT2D eigenvalue weighted by Gasteiger charge is -2.07. The average Bonchev–Trinajstić information content (AvgIpc) is 2.38. The molecule has 0 aliphatic carbocycles. The summed E-state index contributed by atoms with van der Waals surface area (Å²) in [6.07, 6.45) is 0. The van der Waals surface area contributed by atoms with Crippen LogP contribution < -0.4 is 0 Å². The summed E-state index contributed by atoms with van der Waals surface area (Å²) in [5.41, 5.74) is -0.547. The summed E-state index contributed by atoms with van der Waals surface area (Å²) in [5.74, 6) is 0. The van der Waals surface area contributed by atoms with E-state index in [9.17, 15) is 0 Å². The summed E-state index contributed by atoms with van der Waals surface area (Å²) in [4.78, 5) is 0. The minimum absolute atomic E-state index is 0.547. The van der Waals surface area contributed by atoms with Crippen molar-refractivity contribution in [2.24, 2.45) is 0 Å². The van der Waals surface area contributed by atoms with Crippen LogP contribution in [0.15, 0.2) is 0 Å². The fourth-order valence-corrected chi connectivity index (χ4v) is 0.918. The third-order valence-corrected chi connectivity index (χ3v) is 2.03. The lowest BCUT2D eigenvalue weighted by Crippen LogP contribution is -2.13. The molecule has 0 aliphatic rings. The van der Waals surface area contributed by atoms with E-state index in [1.54, 1.807) is 13.8 Å². The fraction of sp³-hybridized carbons (Fsp3) is 0.600. The predicted octanol–water partition coefficient (Wildman–Crippen LogP) is 0.734. The Morgan fingerprint density at radius 3 is 2.70 bits per heavy atom. The van der Waals surface area contributed by atoms with E-state index in [0.717, 1.165) is 11.5 Å². The van der Waals surface area contributed by atoms with Gasteiger partial charge in [-0.15, -0.1) is 5.10 Å². The number of hydrogen-bond acceptors (Lipinski definition) is 5. The molecule has 10 heavy (non-hydrogen) atoms. The Labute approximate surface area is 62.7 Å². The standard InChI is InChI=1S/C5H6N4S/c1-5(2,3-6)4-7-8-9-10-4/h1-2H3. The highest BCUT2D eigenvalue weighted by Gasteiger charge is 2.23. The van der Waals surface area contributed by atoms with E-state index in [1.165, 1.54) is 0 Å². The largest absolute Gasteiger partial charge is 0.197 e. The maximum absolute atomic E-state index is 8.63. The van der Waals surface area contributed by atoms with Crippen molar-refractivity contribution in [1.29, 1.82) is 5.26 Å². The Kier molecular flexibility index (Phi) is 1.64. The summed E-state index contributed by atoms with van der Waals surface area (Å²) in [6, 6.07) is 2.11. The van der Waals surface area contributed by atoms with Crippen LogP contribution in [0.25, 0.3) is 0 Å². The van der Waals surface area contributed by atoms with Crippen LogP contribution in [0.2, 0.25) is 0 Å². The van der Waals surface area contributed by atoms with Gasteiger partial charge >= 0.3 is 0 Å². The zero-order chi connectivity index (χ0) is 7.61. The van der Waals surface area contributed by atoms with Crippen molar-refractivity contribution >= 4 is 11.5 Å². The monoisotopic (exact) mass is 154 g/mol. The topological polar surface area (TPSA) is 62.5 Å². The van der Waals surface area contributed by atoms with Gasteiger partial charge in [0.05, 0.1) is 6.07 Å². The molecule has 0 saturated heterocycles. The van der Waals surface area contributed by atoms with Gasteiger partial charge in [-0.1, -0.05) is 4.49 Å². The summed E-state index contributed by atoms with van der Waals surface area (Å²) in [7, 11) is 0. The molecule has 0 radical (unpaired) electrons. The third kappa shape index (κ3) is 1.11. The Morgan fingerprint density at radius 1 is 1.60 bits per heavy atom. The zero-order valence-corrected chi connectivity index (χ0v) is 6.51. The van der Waals surface area contributed by atoms with Gasteiger partial charge in [0.2, 0.25) is 0 Å². The molecule has 0 aliphatic heterocycles. The number of nitriles is 1. The van der Waals surface area contributed by atoms with Crippen LogP contribution in [0.4, 0.5) is 0 Å². The van der Waals surface area contributed by atoms with Crippen molar-refractivity contribution in [2.75, 3.05) is 0 Å². The number of rotatable bonds is 1. The van der Waals surface area contributed by atoms with Gasteiger partial charge in [-0.25, -0.2) is 0 Å². The Morgan fingerprint density at radius 2 is 2.30 bits per heavy atom. The summed E-state index contributed by atoms with van der Waals surface area (Å²) in [5, 5.41) is 16.4. The van der Waals surface area contributed by atoms with E-state index >= 15 is 0 Å². The van der Waals surface area contributed by atoms with E-state index in [2.05, 4.69) is 20.9 Å². The SMILES string of the molecule is CC(C)(C#N)c1nnns1. The van der Waals surface area contributed by atoms with Crippen LogP contribution in [0.5, 0.6) is 0 Å². The minimum atomic E-state index is -0.547. The van der Waals surface area contributed by atoms with Gasteiger partial charge in [0, 0.05) is 11.5 Å². The van der Waals surface area contributed by atoms with Crippen LogP contribution in [-0.4, -0.2) is 14.8 Å². The lowest BCUT2D eigenvalue weighted by molar-refractivity contribution is 0.665. The highest BCUT2D eigenvalue weighted by atomic mass is 32.1. The van der Waals surface area contributed by atoms with E-state index in [0.29, 0.717) is 5.01 Å². The molecule has 0 fully saturated rings. The molecular weight excluding hydrogens is 148 g/mol. The van der Waals surface area contributed by atoms with Crippen LogP contribution in [0.1, 0.15) is 18.9 Å². The minimum Gasteiger partial charge on any atom is -0.197 e. The predicted molar refractivity (Wildman–Crippen MR) is 36.3 cm³/mol. The molecule has 1 aromatic rings. The van der Waals surface area contributed by atoms with Crippen molar-refractivity contribution in [1.82, 2.24) is 14.8 Å². The molecule has 0 amide bonds. The molecule has 4 nitrogen and oxygen atoms in total. The molecule has 0 spiro atoms. The molecule has 0 N–H and O–H groups in total. The zero-order valence-electron chi connectivity index (χ0n) is 5.70. The second-order valence-corrected chi connectivity index (χ2v) is 3.14. The first-order chi connectivity index (χ1) is 4.67. The Hall–Kier alpha value is -1.02. The van der Waals surface area contributed by atoms with Gasteiger partial charge in [-0.3, -0.25) is 0 Å². The first-order valence-electron chi connectivity index (χ1n) is 2.73. The normalized spacial score (nSPS) is 10.9. The van der Waals surface area contributed by atoms with E-state index in [4.69, 9.17) is 5.26 Å². The van der Waals surface area contributed by atoms with Crippen LogP contribution in [0.3, 0.4) is 0 Å². The van der Waals surface area contributed by atoms with Gasteiger partial charge in [-0.2, -0.15) is 5.26 Å². The lowest BCUT2D eigenvalue weighted by atomic mass is 9.97. The number of nitrogens with zero attached hydrogens (tertiary/aromatic N) is 4. The molecule has 5 heteroatoms. The van der Waals surface area contributed by atoms with Gasteiger partial charge in [0.25, 0.3) is 0 Å². The second kappa shape index (κ2) is 2.31. The number of aromatic nitrogens is 3. The van der Waals surface area contributed by atoms with Crippen molar-refractivity contribution in [3.05, 3.63) is 5.01 Å². The molecule has 0 atom stereocenters. The number of hydrogen-bond donors (Lipinski definition) is 0. The Bertz CT molecular complexity index is 245. The van der Waals surface area contributed by atoms with Crippen molar-refractivity contribution < 1.29 is 0 Å². The van der Waals surface area contributed by atoms with Crippen molar-refractivity contribution in [2.45, 2.75) is 19.3 Å². The molecule has 0 saturated carbocycles. The van der Waals surface area contributed by atoms with Crippen LogP contribution in [0, 0.1) is 11.3 Å². The van der Waals surface area contributed by atoms with Gasteiger partial charge in [-0.05, 0) is 19.1 Å². The summed E-state index contributed by atoms with van der Waals surface area (Å²) in [6.45, 7) is 3.57. The summed E-state index contributed by atoms with van der Waals surface area (Å²) < 4.78 is 3.57. The maximum atomic E-state index is 8.63. The van der Waals surface area contributed by atoms with E-state index in [1.807, 2.05) is 0 Å². The van der Waals surface area contributed by atoms with Gasteiger partial charge in [0.15, 0.2) is 5.01 Å². The first-order valence-corrected chi connectivity index (χ1v) is 3.51. The first kappa shape index (κ1) is 7.09. The smallest absolute Gasteiger partial charge is 0.157 e. The summed E-state index contributed by atoms with van der Waals surface area (Å²) >= 11 is 1.16. The third-order valence-electron chi connectivity index (χ3n) is 1.11. The molecule has 0 aromatic carbocycles. The quantitative estimate of drug-likeness (QED) is 0.598. The average molecular weight is 154 g/mol. The highest BCUT2D eigenvalue weighted by Crippen LogP contribution is 2.20. The highest BCUT2D eigenvalue weighted by molar-refractivity contribution is 7.05. The Balaban J connectivity index is 2.99. The van der Waals surface area contributed by atoms with Crippen LogP contribution >= 0.6 is 11.5 Å². The van der Waals surface area contributed by atoms with E-state index < -0.39 is 5.41 Å². The second-order valence-electron chi connectivity index (χ2n) is 2.40. The molecular formula is C5H6N4S. The fourth-order valence-electron chi connectivity index (χ4n) is 0.421. The molecule has 1 heterocycles. The van der Waals surface area contributed by atoms with Gasteiger partial charge < -0.3 is 0 Å². The van der Waals surface area contributed by atoms with Gasteiger partial charge in [0.1, 0.15) is 5.41 Å².